The number of nitrogens with two attached hydrogens (primary N) is 1. The van der Waals surface area contributed by atoms with E-state index >= 15 is 0 Å². The Labute approximate surface area is 90.0 Å². The molecule has 0 aliphatic heterocycles. The quantitative estimate of drug-likeness (QED) is 0.527. The van der Waals surface area contributed by atoms with Gasteiger partial charge in [-0.3, -0.25) is 19.1 Å². The van der Waals surface area contributed by atoms with Crippen molar-refractivity contribution in [2.24, 2.45) is 7.05 Å². The number of esters is 1. The highest BCUT2D eigenvalue weighted by molar-refractivity contribution is 5.76. The van der Waals surface area contributed by atoms with Gasteiger partial charge < -0.3 is 15.8 Å². The monoisotopic (exact) mass is 228 g/mol. The Morgan fingerprint density at radius 2 is 2.19 bits per heavy atom. The van der Waals surface area contributed by atoms with Crippen molar-refractivity contribution in [1.29, 1.82) is 0 Å². The molecule has 0 saturated heterocycles. The predicted octanol–water partition coefficient (Wildman–Crippen LogP) is -1.76. The lowest BCUT2D eigenvalue weighted by Gasteiger charge is -2.09. The van der Waals surface area contributed by atoms with Crippen LogP contribution < -0.4 is 22.3 Å². The largest absolute Gasteiger partial charge is 0.468 e. The maximum atomic E-state index is 11.4. The highest BCUT2D eigenvalue weighted by Gasteiger charge is 2.10. The van der Waals surface area contributed by atoms with Crippen molar-refractivity contribution in [3.8, 4) is 0 Å². The Morgan fingerprint density at radius 3 is 2.75 bits per heavy atom. The van der Waals surface area contributed by atoms with E-state index in [1.807, 2.05) is 4.98 Å². The molecule has 88 valence electrons. The molecule has 0 aliphatic carbocycles. The summed E-state index contributed by atoms with van der Waals surface area (Å²) in [7, 11) is 2.62. The molecule has 1 rings (SSSR count). The molecule has 1 aromatic rings. The molecule has 4 N–H and O–H groups in total. The predicted molar refractivity (Wildman–Crippen MR) is 57.2 cm³/mol. The number of methoxy groups -OCH3 is 1. The fourth-order valence-corrected chi connectivity index (χ4v) is 1.04. The summed E-state index contributed by atoms with van der Waals surface area (Å²) in [5, 5.41) is 2.50. The minimum absolute atomic E-state index is 0.0347. The summed E-state index contributed by atoms with van der Waals surface area (Å²) in [4.78, 5) is 35.4. The number of carbonyl (C=O) groups excluding carboxylic acids is 1. The van der Waals surface area contributed by atoms with E-state index in [2.05, 4.69) is 10.1 Å². The van der Waals surface area contributed by atoms with Crippen LogP contribution in [0.15, 0.2) is 9.59 Å². The molecule has 1 aromatic heterocycles. The van der Waals surface area contributed by atoms with Crippen LogP contribution in [0.4, 0.5) is 11.5 Å². The van der Waals surface area contributed by atoms with Crippen molar-refractivity contribution in [2.45, 2.75) is 0 Å². The van der Waals surface area contributed by atoms with Crippen LogP contribution in [0.3, 0.4) is 0 Å². The van der Waals surface area contributed by atoms with E-state index in [1.54, 1.807) is 0 Å². The summed E-state index contributed by atoms with van der Waals surface area (Å²) in [5.74, 6) is -0.592. The van der Waals surface area contributed by atoms with Crippen LogP contribution in [0.1, 0.15) is 0 Å². The lowest BCUT2D eigenvalue weighted by Crippen LogP contribution is -2.33. The maximum absolute atomic E-state index is 11.4. The number of anilines is 2. The van der Waals surface area contributed by atoms with E-state index in [1.165, 1.54) is 14.2 Å². The molecule has 0 unspecified atom stereocenters. The van der Waals surface area contributed by atoms with Crippen LogP contribution in [0, 0.1) is 0 Å². The molecule has 16 heavy (non-hydrogen) atoms. The minimum atomic E-state index is -0.676. The molecule has 1 heterocycles. The number of H-pyrrole nitrogens is 1. The van der Waals surface area contributed by atoms with Gasteiger partial charge in [0.15, 0.2) is 0 Å². The van der Waals surface area contributed by atoms with Crippen LogP contribution in [-0.2, 0) is 16.6 Å². The Balaban J connectivity index is 3.06. The standard InChI is InChI=1S/C8H12N4O4/c1-12-6(9)5(7(14)11-8(12)15)10-3-4(13)16-2/h10H,3,9H2,1-2H3,(H,11,14,15). The Bertz CT molecular complexity index is 516. The van der Waals surface area contributed by atoms with Crippen LogP contribution in [0.5, 0.6) is 0 Å². The number of ether oxygens (including phenoxy) is 1. The maximum Gasteiger partial charge on any atom is 0.329 e. The number of nitrogens with zero attached hydrogens (tertiary/aromatic N) is 1. The van der Waals surface area contributed by atoms with Gasteiger partial charge in [-0.15, -0.1) is 0 Å². The van der Waals surface area contributed by atoms with Crippen LogP contribution >= 0.6 is 0 Å². The normalized spacial score (nSPS) is 9.88. The van der Waals surface area contributed by atoms with Crippen molar-refractivity contribution >= 4 is 17.5 Å². The molecule has 0 bridgehead atoms. The second-order valence-electron chi connectivity index (χ2n) is 3.01. The van der Waals surface area contributed by atoms with Gasteiger partial charge in [0.05, 0.1) is 7.11 Å². The topological polar surface area (TPSA) is 119 Å². The highest BCUT2D eigenvalue weighted by Crippen LogP contribution is 2.07. The van der Waals surface area contributed by atoms with Gasteiger partial charge in [-0.05, 0) is 0 Å². The average molecular weight is 228 g/mol. The van der Waals surface area contributed by atoms with Crippen molar-refractivity contribution in [3.63, 3.8) is 0 Å². The van der Waals surface area contributed by atoms with E-state index in [0.29, 0.717) is 0 Å². The third kappa shape index (κ3) is 2.22. The Kier molecular flexibility index (Phi) is 3.33. The lowest BCUT2D eigenvalue weighted by molar-refractivity contribution is -0.138. The molecule has 8 nitrogen and oxygen atoms in total. The summed E-state index contributed by atoms with van der Waals surface area (Å²) in [6.07, 6.45) is 0. The van der Waals surface area contributed by atoms with Crippen molar-refractivity contribution in [1.82, 2.24) is 9.55 Å². The van der Waals surface area contributed by atoms with E-state index < -0.39 is 17.2 Å². The zero-order chi connectivity index (χ0) is 12.3. The Hall–Kier alpha value is -2.25. The molecule has 8 heteroatoms. The van der Waals surface area contributed by atoms with E-state index in [0.717, 1.165) is 4.57 Å². The average Bonchev–Trinajstić information content (AvgIpc) is 2.25. The van der Waals surface area contributed by atoms with Gasteiger partial charge in [-0.2, -0.15) is 0 Å². The summed E-state index contributed by atoms with van der Waals surface area (Å²) >= 11 is 0. The SMILES string of the molecule is COC(=O)CNc1c(N)n(C)c(=O)[nH]c1=O. The molecule has 0 saturated carbocycles. The van der Waals surface area contributed by atoms with Crippen LogP contribution in [0.25, 0.3) is 0 Å². The first kappa shape index (κ1) is 11.8. The summed E-state index contributed by atoms with van der Waals surface area (Å²) in [6, 6.07) is 0. The van der Waals surface area contributed by atoms with E-state index in [4.69, 9.17) is 5.73 Å². The third-order valence-electron chi connectivity index (χ3n) is 2.01. The molecular formula is C8H12N4O4. The summed E-state index contributed by atoms with van der Waals surface area (Å²) < 4.78 is 5.44. The first-order valence-electron chi connectivity index (χ1n) is 4.36. The molecule has 0 atom stereocenters. The number of aromatic nitrogens is 2. The van der Waals surface area contributed by atoms with Gasteiger partial charge in [0, 0.05) is 7.05 Å². The first-order chi connectivity index (χ1) is 7.47. The summed E-state index contributed by atoms with van der Waals surface area (Å²) in [5.41, 5.74) is 4.21. The van der Waals surface area contributed by atoms with Crippen molar-refractivity contribution in [3.05, 3.63) is 20.8 Å². The Morgan fingerprint density at radius 1 is 1.56 bits per heavy atom. The molecule has 0 spiro atoms. The van der Waals surface area contributed by atoms with Gasteiger partial charge in [-0.1, -0.05) is 0 Å². The zero-order valence-corrected chi connectivity index (χ0v) is 8.86. The molecule has 0 aromatic carbocycles. The second-order valence-corrected chi connectivity index (χ2v) is 3.01. The van der Waals surface area contributed by atoms with Gasteiger partial charge in [-0.25, -0.2) is 4.79 Å². The van der Waals surface area contributed by atoms with E-state index in [9.17, 15) is 14.4 Å². The molecule has 0 amide bonds. The van der Waals surface area contributed by atoms with Gasteiger partial charge in [0.2, 0.25) is 0 Å². The number of carbonyl (C=O) groups is 1. The number of nitrogens with one attached hydrogen (secondary N) is 2. The fraction of sp³-hybridized carbons (Fsp3) is 0.375. The molecule has 0 fully saturated rings. The van der Waals surface area contributed by atoms with Gasteiger partial charge >= 0.3 is 11.7 Å². The first-order valence-corrected chi connectivity index (χ1v) is 4.36. The summed E-state index contributed by atoms with van der Waals surface area (Å²) in [6.45, 7) is -0.206. The lowest BCUT2D eigenvalue weighted by atomic mass is 10.4. The number of hydrogen-bond donors (Lipinski definition) is 3. The second kappa shape index (κ2) is 4.51. The molecule has 0 radical (unpaired) electrons. The van der Waals surface area contributed by atoms with Crippen LogP contribution in [0.2, 0.25) is 0 Å². The van der Waals surface area contributed by atoms with E-state index in [-0.39, 0.29) is 18.1 Å². The fourth-order valence-electron chi connectivity index (χ4n) is 1.04. The van der Waals surface area contributed by atoms with Crippen molar-refractivity contribution in [2.75, 3.05) is 24.7 Å². The number of rotatable bonds is 3. The third-order valence-corrected chi connectivity index (χ3v) is 2.01. The van der Waals surface area contributed by atoms with Gasteiger partial charge in [0.25, 0.3) is 5.56 Å². The number of nitrogen functional groups attached to an aromatic ring is 1. The highest BCUT2D eigenvalue weighted by atomic mass is 16.5. The minimum Gasteiger partial charge on any atom is -0.468 e. The number of hydrogen-bond acceptors (Lipinski definition) is 6. The zero-order valence-electron chi connectivity index (χ0n) is 8.86. The smallest absolute Gasteiger partial charge is 0.329 e. The molecular weight excluding hydrogens is 216 g/mol. The number of aromatic amines is 1. The molecule has 0 aliphatic rings. The van der Waals surface area contributed by atoms with Crippen LogP contribution in [-0.4, -0.2) is 29.2 Å². The van der Waals surface area contributed by atoms with Crippen molar-refractivity contribution < 1.29 is 9.53 Å². The van der Waals surface area contributed by atoms with Gasteiger partial charge in [0.1, 0.15) is 18.1 Å².